The molecule has 104 valence electrons. The van der Waals surface area contributed by atoms with Crippen LogP contribution in [0.25, 0.3) is 0 Å². The molecule has 0 radical (unpaired) electrons. The highest BCUT2D eigenvalue weighted by Gasteiger charge is 2.08. The maximum absolute atomic E-state index is 12.1. The van der Waals surface area contributed by atoms with Crippen LogP contribution in [0.3, 0.4) is 0 Å². The van der Waals surface area contributed by atoms with Gasteiger partial charge in [-0.3, -0.25) is 4.79 Å². The van der Waals surface area contributed by atoms with Crippen LogP contribution in [-0.4, -0.2) is 5.91 Å². The third-order valence-corrected chi connectivity index (χ3v) is 4.34. The molecule has 0 fully saturated rings. The fourth-order valence-corrected chi connectivity index (χ4v) is 2.24. The Balaban J connectivity index is 2.08. The second-order valence-electron chi connectivity index (χ2n) is 4.44. The van der Waals surface area contributed by atoms with Crippen LogP contribution in [0, 0.1) is 6.92 Å². The highest BCUT2D eigenvalue weighted by Crippen LogP contribution is 2.23. The molecule has 0 aromatic heterocycles. The van der Waals surface area contributed by atoms with Crippen LogP contribution in [-0.2, 0) is 6.54 Å². The number of hydrogen-bond donors (Lipinski definition) is 2. The summed E-state index contributed by atoms with van der Waals surface area (Å²) in [6.07, 6.45) is 0. The fraction of sp³-hybridized carbons (Fsp3) is 0.133. The number of carbonyl (C=O) groups is 1. The van der Waals surface area contributed by atoms with Gasteiger partial charge in [0.15, 0.2) is 0 Å². The lowest BCUT2D eigenvalue weighted by molar-refractivity contribution is 0.0951. The molecule has 2 aromatic carbocycles. The van der Waals surface area contributed by atoms with Crippen LogP contribution in [0.15, 0.2) is 40.9 Å². The Labute approximate surface area is 131 Å². The van der Waals surface area contributed by atoms with E-state index in [0.717, 1.165) is 21.3 Å². The minimum Gasteiger partial charge on any atom is -0.399 e. The Morgan fingerprint density at radius 1 is 1.35 bits per heavy atom. The predicted molar refractivity (Wildman–Crippen MR) is 85.9 cm³/mol. The zero-order valence-electron chi connectivity index (χ0n) is 10.9. The first-order valence-corrected chi connectivity index (χ1v) is 7.23. The first-order chi connectivity index (χ1) is 9.49. The van der Waals surface area contributed by atoms with E-state index < -0.39 is 0 Å². The molecule has 0 saturated carbocycles. The van der Waals surface area contributed by atoms with E-state index >= 15 is 0 Å². The van der Waals surface area contributed by atoms with Gasteiger partial charge < -0.3 is 11.1 Å². The van der Waals surface area contributed by atoms with E-state index in [-0.39, 0.29) is 5.91 Å². The summed E-state index contributed by atoms with van der Waals surface area (Å²) >= 11 is 9.27. The van der Waals surface area contributed by atoms with Gasteiger partial charge >= 0.3 is 0 Å². The molecular formula is C15H14BrClN2O. The molecule has 5 heteroatoms. The average molecular weight is 354 g/mol. The largest absolute Gasteiger partial charge is 0.399 e. The molecule has 0 atom stereocenters. The molecule has 2 rings (SSSR count). The number of amides is 1. The number of halogens is 2. The summed E-state index contributed by atoms with van der Waals surface area (Å²) in [7, 11) is 0. The van der Waals surface area contributed by atoms with Crippen LogP contribution in [0.5, 0.6) is 0 Å². The van der Waals surface area contributed by atoms with Gasteiger partial charge in [0.1, 0.15) is 0 Å². The molecule has 3 nitrogen and oxygen atoms in total. The molecule has 0 aliphatic carbocycles. The summed E-state index contributed by atoms with van der Waals surface area (Å²) < 4.78 is 0.766. The standard InChI is InChI=1S/C15H14BrClN2O/c1-9-11(3-2-4-14(9)18)8-19-15(20)10-5-6-12(16)13(17)7-10/h2-7H,8,18H2,1H3,(H,19,20). The van der Waals surface area contributed by atoms with Crippen LogP contribution in [0.1, 0.15) is 21.5 Å². The van der Waals surface area contributed by atoms with Crippen LogP contribution < -0.4 is 11.1 Å². The third-order valence-electron chi connectivity index (χ3n) is 3.11. The van der Waals surface area contributed by atoms with Crippen molar-refractivity contribution in [2.75, 3.05) is 5.73 Å². The van der Waals surface area contributed by atoms with Crippen molar-refractivity contribution in [1.29, 1.82) is 0 Å². The lowest BCUT2D eigenvalue weighted by atomic mass is 10.1. The predicted octanol–water partition coefficient (Wildman–Crippen LogP) is 3.92. The van der Waals surface area contributed by atoms with Gasteiger partial charge in [-0.1, -0.05) is 23.7 Å². The summed E-state index contributed by atoms with van der Waals surface area (Å²) in [5.74, 6) is -0.166. The Hall–Kier alpha value is -1.52. The van der Waals surface area contributed by atoms with Crippen molar-refractivity contribution in [3.05, 3.63) is 62.6 Å². The summed E-state index contributed by atoms with van der Waals surface area (Å²) in [6.45, 7) is 2.37. The smallest absolute Gasteiger partial charge is 0.251 e. The van der Waals surface area contributed by atoms with Crippen molar-refractivity contribution in [3.63, 3.8) is 0 Å². The molecule has 0 unspecified atom stereocenters. The Morgan fingerprint density at radius 2 is 2.10 bits per heavy atom. The summed E-state index contributed by atoms with van der Waals surface area (Å²) in [5, 5.41) is 3.37. The molecule has 3 N–H and O–H groups in total. The van der Waals surface area contributed by atoms with Crippen molar-refractivity contribution in [2.45, 2.75) is 13.5 Å². The lowest BCUT2D eigenvalue weighted by Crippen LogP contribution is -2.23. The van der Waals surface area contributed by atoms with Gasteiger partial charge in [0.25, 0.3) is 5.91 Å². The highest BCUT2D eigenvalue weighted by molar-refractivity contribution is 9.10. The summed E-state index contributed by atoms with van der Waals surface area (Å²) in [4.78, 5) is 12.1. The monoisotopic (exact) mass is 352 g/mol. The number of nitrogens with one attached hydrogen (secondary N) is 1. The van der Waals surface area contributed by atoms with Gasteiger partial charge in [0, 0.05) is 22.3 Å². The normalized spacial score (nSPS) is 10.3. The van der Waals surface area contributed by atoms with Crippen molar-refractivity contribution in [1.82, 2.24) is 5.32 Å². The fourth-order valence-electron chi connectivity index (χ4n) is 1.81. The van der Waals surface area contributed by atoms with E-state index in [0.29, 0.717) is 17.1 Å². The van der Waals surface area contributed by atoms with E-state index in [1.807, 2.05) is 25.1 Å². The first kappa shape index (κ1) is 14.9. The van der Waals surface area contributed by atoms with E-state index in [1.54, 1.807) is 18.2 Å². The third kappa shape index (κ3) is 3.32. The molecule has 0 spiro atoms. The molecule has 0 saturated heterocycles. The number of carbonyl (C=O) groups excluding carboxylic acids is 1. The second kappa shape index (κ2) is 6.29. The van der Waals surface area contributed by atoms with E-state index in [9.17, 15) is 4.79 Å². The molecule has 1 amide bonds. The average Bonchev–Trinajstić information content (AvgIpc) is 2.43. The summed E-state index contributed by atoms with van der Waals surface area (Å²) in [6, 6.07) is 10.8. The van der Waals surface area contributed by atoms with Crippen LogP contribution in [0.4, 0.5) is 5.69 Å². The zero-order valence-corrected chi connectivity index (χ0v) is 13.3. The number of nitrogens with two attached hydrogens (primary N) is 1. The van der Waals surface area contributed by atoms with Gasteiger partial charge in [-0.05, 0) is 58.2 Å². The molecule has 0 heterocycles. The van der Waals surface area contributed by atoms with E-state index in [1.165, 1.54) is 0 Å². The maximum Gasteiger partial charge on any atom is 0.251 e. The van der Waals surface area contributed by atoms with Crippen LogP contribution >= 0.6 is 27.5 Å². The van der Waals surface area contributed by atoms with Crippen molar-refractivity contribution in [3.8, 4) is 0 Å². The minimum absolute atomic E-state index is 0.166. The van der Waals surface area contributed by atoms with Gasteiger partial charge in [0.05, 0.1) is 5.02 Å². The number of nitrogen functional groups attached to an aromatic ring is 1. The zero-order chi connectivity index (χ0) is 14.7. The molecular weight excluding hydrogens is 340 g/mol. The highest BCUT2D eigenvalue weighted by atomic mass is 79.9. The lowest BCUT2D eigenvalue weighted by Gasteiger charge is -2.10. The number of anilines is 1. The van der Waals surface area contributed by atoms with E-state index in [4.69, 9.17) is 17.3 Å². The Kier molecular flexibility index (Phi) is 4.68. The van der Waals surface area contributed by atoms with Gasteiger partial charge in [-0.25, -0.2) is 0 Å². The number of hydrogen-bond acceptors (Lipinski definition) is 2. The topological polar surface area (TPSA) is 55.1 Å². The van der Waals surface area contributed by atoms with Gasteiger partial charge in [0.2, 0.25) is 0 Å². The van der Waals surface area contributed by atoms with Gasteiger partial charge in [-0.2, -0.15) is 0 Å². The molecule has 0 bridgehead atoms. The Morgan fingerprint density at radius 3 is 2.80 bits per heavy atom. The second-order valence-corrected chi connectivity index (χ2v) is 5.70. The van der Waals surface area contributed by atoms with Crippen molar-refractivity contribution in [2.24, 2.45) is 0 Å². The van der Waals surface area contributed by atoms with Crippen molar-refractivity contribution >= 4 is 39.1 Å². The SMILES string of the molecule is Cc1c(N)cccc1CNC(=O)c1ccc(Br)c(Cl)c1. The minimum atomic E-state index is -0.166. The Bertz CT molecular complexity index is 658. The van der Waals surface area contributed by atoms with Gasteiger partial charge in [-0.15, -0.1) is 0 Å². The quantitative estimate of drug-likeness (QED) is 0.822. The number of rotatable bonds is 3. The summed E-state index contributed by atoms with van der Waals surface area (Å²) in [5.41, 5.74) is 9.08. The molecule has 2 aromatic rings. The van der Waals surface area contributed by atoms with Crippen LogP contribution in [0.2, 0.25) is 5.02 Å². The maximum atomic E-state index is 12.1. The first-order valence-electron chi connectivity index (χ1n) is 6.06. The molecule has 20 heavy (non-hydrogen) atoms. The molecule has 0 aliphatic heterocycles. The number of benzene rings is 2. The van der Waals surface area contributed by atoms with Crippen molar-refractivity contribution < 1.29 is 4.79 Å². The molecule has 0 aliphatic rings. The van der Waals surface area contributed by atoms with E-state index in [2.05, 4.69) is 21.2 Å².